The molecule has 0 heterocycles. The quantitative estimate of drug-likeness (QED) is 0.531. The fourth-order valence-electron chi connectivity index (χ4n) is 3.01. The molecule has 2 aromatic rings. The van der Waals surface area contributed by atoms with Crippen molar-refractivity contribution in [2.24, 2.45) is 0 Å². The number of nitrogens with one attached hydrogen (secondary N) is 1. The molecule has 0 bridgehead atoms. The molecule has 158 valence electrons. The molecule has 8 heteroatoms. The van der Waals surface area contributed by atoms with Gasteiger partial charge in [0.05, 0.1) is 11.9 Å². The molecule has 5 nitrogen and oxygen atoms in total. The third-order valence-electron chi connectivity index (χ3n) is 4.58. The highest BCUT2D eigenvalue weighted by atomic mass is 35.5. The second-order valence-corrected chi connectivity index (χ2v) is 9.59. The summed E-state index contributed by atoms with van der Waals surface area (Å²) in [6.45, 7) is 2.54. The maximum Gasteiger partial charge on any atom is 0.232 e. The summed E-state index contributed by atoms with van der Waals surface area (Å²) in [5, 5.41) is 4.11. The summed E-state index contributed by atoms with van der Waals surface area (Å²) in [5.41, 5.74) is 2.30. The third kappa shape index (κ3) is 7.21. The molecule has 0 fully saturated rings. The van der Waals surface area contributed by atoms with E-state index in [1.165, 1.54) is 4.31 Å². The van der Waals surface area contributed by atoms with E-state index in [4.69, 9.17) is 23.2 Å². The molecule has 1 amide bonds. The van der Waals surface area contributed by atoms with Crippen LogP contribution in [0.4, 0.5) is 5.69 Å². The summed E-state index contributed by atoms with van der Waals surface area (Å²) >= 11 is 12.2. The molecule has 0 saturated carbocycles. The number of sulfonamides is 1. The van der Waals surface area contributed by atoms with Gasteiger partial charge in [-0.05, 0) is 55.5 Å². The van der Waals surface area contributed by atoms with Crippen molar-refractivity contribution in [3.05, 3.63) is 63.6 Å². The summed E-state index contributed by atoms with van der Waals surface area (Å²) < 4.78 is 25.7. The standard InChI is InChI=1S/C21H26Cl2N2O3S/c1-16-18(22)11-5-12-20(16)25(29(2,27)28)15-7-13-21(26)24-14-6-9-17-8-3-4-10-19(17)23/h3-5,8,10-12H,6-7,9,13-15H2,1-2H3,(H,24,26). The van der Waals surface area contributed by atoms with Crippen LogP contribution in [-0.4, -0.2) is 33.7 Å². The van der Waals surface area contributed by atoms with Gasteiger partial charge in [0, 0.05) is 29.6 Å². The van der Waals surface area contributed by atoms with Crippen LogP contribution in [0, 0.1) is 6.92 Å². The van der Waals surface area contributed by atoms with Crippen molar-refractivity contribution < 1.29 is 13.2 Å². The monoisotopic (exact) mass is 456 g/mol. The van der Waals surface area contributed by atoms with Crippen LogP contribution in [-0.2, 0) is 21.2 Å². The predicted octanol–water partition coefficient (Wildman–Crippen LogP) is 4.60. The zero-order valence-electron chi connectivity index (χ0n) is 16.6. The van der Waals surface area contributed by atoms with Crippen LogP contribution in [0.2, 0.25) is 10.0 Å². The Morgan fingerprint density at radius 1 is 1.03 bits per heavy atom. The number of hydrogen-bond donors (Lipinski definition) is 1. The van der Waals surface area contributed by atoms with Crippen molar-refractivity contribution >= 4 is 44.8 Å². The first-order valence-corrected chi connectivity index (χ1v) is 12.0. The van der Waals surface area contributed by atoms with Gasteiger partial charge in [0.25, 0.3) is 0 Å². The van der Waals surface area contributed by atoms with Crippen molar-refractivity contribution in [2.45, 2.75) is 32.6 Å². The van der Waals surface area contributed by atoms with E-state index in [9.17, 15) is 13.2 Å². The van der Waals surface area contributed by atoms with E-state index in [1.807, 2.05) is 24.3 Å². The van der Waals surface area contributed by atoms with E-state index < -0.39 is 10.0 Å². The van der Waals surface area contributed by atoms with Gasteiger partial charge in [-0.25, -0.2) is 8.42 Å². The first kappa shape index (κ1) is 23.5. The van der Waals surface area contributed by atoms with Gasteiger partial charge in [-0.3, -0.25) is 9.10 Å². The van der Waals surface area contributed by atoms with Crippen LogP contribution < -0.4 is 9.62 Å². The summed E-state index contributed by atoms with van der Waals surface area (Å²) in [6, 6.07) is 12.8. The average molecular weight is 457 g/mol. The molecule has 29 heavy (non-hydrogen) atoms. The van der Waals surface area contributed by atoms with Gasteiger partial charge in [0.15, 0.2) is 0 Å². The van der Waals surface area contributed by atoms with Crippen molar-refractivity contribution in [1.82, 2.24) is 5.32 Å². The second kappa shape index (κ2) is 10.9. The fraction of sp³-hybridized carbons (Fsp3) is 0.381. The topological polar surface area (TPSA) is 66.5 Å². The van der Waals surface area contributed by atoms with Crippen molar-refractivity contribution in [2.75, 3.05) is 23.7 Å². The molecule has 0 aliphatic rings. The highest BCUT2D eigenvalue weighted by Gasteiger charge is 2.20. The number of carbonyl (C=O) groups excluding carboxylic acids is 1. The number of anilines is 1. The molecule has 2 rings (SSSR count). The molecule has 0 atom stereocenters. The molecule has 1 N–H and O–H groups in total. The third-order valence-corrected chi connectivity index (χ3v) is 6.53. The highest BCUT2D eigenvalue weighted by molar-refractivity contribution is 7.92. The molecular weight excluding hydrogens is 431 g/mol. The van der Waals surface area contributed by atoms with Gasteiger partial charge in [-0.2, -0.15) is 0 Å². The van der Waals surface area contributed by atoms with E-state index in [1.54, 1.807) is 25.1 Å². The minimum atomic E-state index is -3.48. The lowest BCUT2D eigenvalue weighted by Crippen LogP contribution is -2.32. The Hall–Kier alpha value is -1.76. The maximum atomic E-state index is 12.2. The van der Waals surface area contributed by atoms with Gasteiger partial charge in [-0.15, -0.1) is 0 Å². The van der Waals surface area contributed by atoms with E-state index in [2.05, 4.69) is 5.32 Å². The number of hydrogen-bond acceptors (Lipinski definition) is 3. The lowest BCUT2D eigenvalue weighted by atomic mass is 10.1. The van der Waals surface area contributed by atoms with Gasteiger partial charge in [0.2, 0.25) is 15.9 Å². The van der Waals surface area contributed by atoms with Crippen molar-refractivity contribution in [1.29, 1.82) is 0 Å². The average Bonchev–Trinajstić information content (AvgIpc) is 2.65. The Kier molecular flexibility index (Phi) is 8.80. The number of benzene rings is 2. The first-order valence-electron chi connectivity index (χ1n) is 9.43. The minimum absolute atomic E-state index is 0.0968. The first-order chi connectivity index (χ1) is 13.7. The summed E-state index contributed by atoms with van der Waals surface area (Å²) in [6.07, 6.45) is 3.39. The number of halogens is 2. The molecule has 0 aromatic heterocycles. The number of nitrogens with zero attached hydrogens (tertiary/aromatic N) is 1. The summed E-state index contributed by atoms with van der Waals surface area (Å²) in [5.74, 6) is -0.0968. The predicted molar refractivity (Wildman–Crippen MR) is 120 cm³/mol. The van der Waals surface area contributed by atoms with Gasteiger partial charge in [0.1, 0.15) is 0 Å². The fourth-order valence-corrected chi connectivity index (χ4v) is 4.43. The van der Waals surface area contributed by atoms with Gasteiger partial charge >= 0.3 is 0 Å². The Morgan fingerprint density at radius 3 is 2.41 bits per heavy atom. The van der Waals surface area contributed by atoms with E-state index in [0.29, 0.717) is 29.2 Å². The van der Waals surface area contributed by atoms with Crippen LogP contribution in [0.3, 0.4) is 0 Å². The van der Waals surface area contributed by atoms with E-state index in [-0.39, 0.29) is 18.9 Å². The van der Waals surface area contributed by atoms with Crippen molar-refractivity contribution in [3.63, 3.8) is 0 Å². The minimum Gasteiger partial charge on any atom is -0.356 e. The largest absolute Gasteiger partial charge is 0.356 e. The summed E-state index contributed by atoms with van der Waals surface area (Å²) in [4.78, 5) is 12.1. The second-order valence-electron chi connectivity index (χ2n) is 6.87. The molecule has 0 aliphatic heterocycles. The van der Waals surface area contributed by atoms with Crippen LogP contribution >= 0.6 is 23.2 Å². The van der Waals surface area contributed by atoms with Crippen LogP contribution in [0.1, 0.15) is 30.4 Å². The van der Waals surface area contributed by atoms with Crippen LogP contribution in [0.15, 0.2) is 42.5 Å². The van der Waals surface area contributed by atoms with E-state index in [0.717, 1.165) is 29.7 Å². The molecular formula is C21H26Cl2N2O3S. The molecule has 2 aromatic carbocycles. The van der Waals surface area contributed by atoms with Crippen LogP contribution in [0.5, 0.6) is 0 Å². The summed E-state index contributed by atoms with van der Waals surface area (Å²) in [7, 11) is -3.48. The maximum absolute atomic E-state index is 12.2. The molecule has 0 radical (unpaired) electrons. The lowest BCUT2D eigenvalue weighted by Gasteiger charge is -2.24. The van der Waals surface area contributed by atoms with Crippen LogP contribution in [0.25, 0.3) is 0 Å². The molecule has 0 aliphatic carbocycles. The zero-order chi connectivity index (χ0) is 21.4. The van der Waals surface area contributed by atoms with Gasteiger partial charge < -0.3 is 5.32 Å². The molecule has 0 saturated heterocycles. The zero-order valence-corrected chi connectivity index (χ0v) is 18.9. The number of rotatable bonds is 10. The van der Waals surface area contributed by atoms with Gasteiger partial charge in [-0.1, -0.05) is 47.5 Å². The number of carbonyl (C=O) groups is 1. The SMILES string of the molecule is Cc1c(Cl)cccc1N(CCCC(=O)NCCCc1ccccc1Cl)S(C)(=O)=O. The van der Waals surface area contributed by atoms with E-state index >= 15 is 0 Å². The normalized spacial score (nSPS) is 11.3. The molecule has 0 unspecified atom stereocenters. The van der Waals surface area contributed by atoms with Crippen molar-refractivity contribution in [3.8, 4) is 0 Å². The smallest absolute Gasteiger partial charge is 0.232 e. The lowest BCUT2D eigenvalue weighted by molar-refractivity contribution is -0.121. The highest BCUT2D eigenvalue weighted by Crippen LogP contribution is 2.28. The Morgan fingerprint density at radius 2 is 1.72 bits per heavy atom. The molecule has 0 spiro atoms. The Balaban J connectivity index is 1.81. The Labute approximate surface area is 183 Å². The number of aryl methyl sites for hydroxylation is 1. The number of amides is 1. The Bertz CT molecular complexity index is 949.